The van der Waals surface area contributed by atoms with E-state index < -0.39 is 30.6 Å². The molecule has 1 aliphatic rings. The van der Waals surface area contributed by atoms with Crippen LogP contribution in [0.25, 0.3) is 11.0 Å². The van der Waals surface area contributed by atoms with Gasteiger partial charge in [-0.2, -0.15) is 0 Å². The second-order valence-corrected chi connectivity index (χ2v) is 6.38. The van der Waals surface area contributed by atoms with E-state index >= 15 is 0 Å². The molecular formula is C15H13IN4O4. The first-order chi connectivity index (χ1) is 11.4. The Labute approximate surface area is 150 Å². The van der Waals surface area contributed by atoms with E-state index in [1.54, 1.807) is 6.20 Å². The predicted molar refractivity (Wildman–Crippen MR) is 93.2 cm³/mol. The van der Waals surface area contributed by atoms with E-state index in [0.29, 0.717) is 11.0 Å². The van der Waals surface area contributed by atoms with Crippen LogP contribution in [0.3, 0.4) is 0 Å². The van der Waals surface area contributed by atoms with Crippen molar-refractivity contribution >= 4 is 39.4 Å². The van der Waals surface area contributed by atoms with E-state index in [2.05, 4.69) is 50.3 Å². The van der Waals surface area contributed by atoms with E-state index in [0.717, 1.165) is 3.57 Å². The fourth-order valence-corrected chi connectivity index (χ4v) is 3.52. The van der Waals surface area contributed by atoms with Gasteiger partial charge in [-0.1, -0.05) is 0 Å². The summed E-state index contributed by atoms with van der Waals surface area (Å²) in [5.74, 6) is 7.12. The lowest BCUT2D eigenvalue weighted by Crippen LogP contribution is -2.45. The molecule has 124 valence electrons. The van der Waals surface area contributed by atoms with Gasteiger partial charge in [0.2, 0.25) is 0 Å². The van der Waals surface area contributed by atoms with E-state index in [9.17, 15) is 15.3 Å². The van der Waals surface area contributed by atoms with Crippen molar-refractivity contribution in [1.29, 1.82) is 0 Å². The van der Waals surface area contributed by atoms with Gasteiger partial charge in [0.1, 0.15) is 30.0 Å². The van der Waals surface area contributed by atoms with Crippen LogP contribution in [0, 0.1) is 27.8 Å². The molecular weight excluding hydrogens is 427 g/mol. The molecule has 24 heavy (non-hydrogen) atoms. The molecule has 0 spiro atoms. The zero-order valence-corrected chi connectivity index (χ0v) is 14.4. The quantitative estimate of drug-likeness (QED) is 0.357. The smallest absolute Gasteiger partial charge is 0.200 e. The Morgan fingerprint density at radius 3 is 2.92 bits per heavy atom. The summed E-state index contributed by atoms with van der Waals surface area (Å²) < 4.78 is 7.85. The van der Waals surface area contributed by atoms with E-state index in [1.165, 1.54) is 10.9 Å². The maximum atomic E-state index is 10.9. The number of aliphatic hydroxyl groups excluding tert-OH is 2. The first-order valence-corrected chi connectivity index (χ1v) is 7.93. The SMILES string of the molecule is C#CC#C[C@@]1(O)[C@H](O)[C@@H](CO)O[C@H]1n1cc(I)c2c(N)ncnc21. The number of nitrogens with two attached hydrogens (primary N) is 1. The Bertz CT molecular complexity index is 896. The van der Waals surface area contributed by atoms with Gasteiger partial charge in [0.25, 0.3) is 0 Å². The van der Waals surface area contributed by atoms with Crippen LogP contribution < -0.4 is 5.73 Å². The molecule has 1 saturated heterocycles. The summed E-state index contributed by atoms with van der Waals surface area (Å²) in [6.07, 6.45) is 4.44. The van der Waals surface area contributed by atoms with Crippen molar-refractivity contribution in [3.05, 3.63) is 16.1 Å². The van der Waals surface area contributed by atoms with Crippen LogP contribution >= 0.6 is 22.6 Å². The van der Waals surface area contributed by atoms with Gasteiger partial charge in [0.15, 0.2) is 11.8 Å². The Morgan fingerprint density at radius 2 is 2.25 bits per heavy atom. The lowest BCUT2D eigenvalue weighted by atomic mass is 9.94. The van der Waals surface area contributed by atoms with Crippen LogP contribution in [0.4, 0.5) is 5.82 Å². The molecule has 0 aliphatic carbocycles. The van der Waals surface area contributed by atoms with Crippen LogP contribution in [0.15, 0.2) is 12.5 Å². The zero-order chi connectivity index (χ0) is 17.5. The summed E-state index contributed by atoms with van der Waals surface area (Å²) in [6.45, 7) is -0.495. The highest BCUT2D eigenvalue weighted by Gasteiger charge is 2.56. The second kappa shape index (κ2) is 6.20. The molecule has 4 atom stereocenters. The highest BCUT2D eigenvalue weighted by Crippen LogP contribution is 2.41. The lowest BCUT2D eigenvalue weighted by Gasteiger charge is -2.26. The topological polar surface area (TPSA) is 127 Å². The van der Waals surface area contributed by atoms with E-state index in [4.69, 9.17) is 16.9 Å². The summed E-state index contributed by atoms with van der Waals surface area (Å²) in [5.41, 5.74) is 4.27. The van der Waals surface area contributed by atoms with Crippen molar-refractivity contribution in [3.8, 4) is 24.2 Å². The largest absolute Gasteiger partial charge is 0.394 e. The fourth-order valence-electron chi connectivity index (χ4n) is 2.71. The molecule has 1 fully saturated rings. The van der Waals surface area contributed by atoms with Crippen molar-refractivity contribution in [2.24, 2.45) is 0 Å². The summed E-state index contributed by atoms with van der Waals surface area (Å²) in [6, 6.07) is 0. The van der Waals surface area contributed by atoms with Gasteiger partial charge in [-0.3, -0.25) is 0 Å². The number of halogens is 1. The number of nitrogens with zero attached hydrogens (tertiary/aromatic N) is 3. The minimum absolute atomic E-state index is 0.277. The number of aromatic nitrogens is 3. The van der Waals surface area contributed by atoms with Crippen LogP contribution in [0.2, 0.25) is 0 Å². The number of anilines is 1. The molecule has 3 rings (SSSR count). The Hall–Kier alpha value is -1.89. The minimum atomic E-state index is -2.02. The summed E-state index contributed by atoms with van der Waals surface area (Å²) in [5, 5.41) is 31.2. The van der Waals surface area contributed by atoms with Crippen molar-refractivity contribution in [1.82, 2.24) is 14.5 Å². The number of fused-ring (bicyclic) bond motifs is 1. The fraction of sp³-hybridized carbons (Fsp3) is 0.333. The molecule has 1 aliphatic heterocycles. The molecule has 0 amide bonds. The van der Waals surface area contributed by atoms with Crippen molar-refractivity contribution in [3.63, 3.8) is 0 Å². The third kappa shape index (κ3) is 2.42. The summed E-state index contributed by atoms with van der Waals surface area (Å²) >= 11 is 2.05. The van der Waals surface area contributed by atoms with E-state index in [-0.39, 0.29) is 5.82 Å². The Kier molecular flexibility index (Phi) is 4.38. The van der Waals surface area contributed by atoms with Gasteiger partial charge < -0.3 is 30.4 Å². The average molecular weight is 440 g/mol. The maximum absolute atomic E-state index is 10.9. The number of hydrogen-bond acceptors (Lipinski definition) is 7. The van der Waals surface area contributed by atoms with Crippen molar-refractivity contribution in [2.75, 3.05) is 12.3 Å². The highest BCUT2D eigenvalue weighted by molar-refractivity contribution is 14.1. The van der Waals surface area contributed by atoms with Gasteiger partial charge in [-0.05, 0) is 40.4 Å². The van der Waals surface area contributed by atoms with Crippen LogP contribution in [-0.4, -0.2) is 54.3 Å². The number of hydrogen-bond donors (Lipinski definition) is 4. The third-order valence-electron chi connectivity index (χ3n) is 3.84. The monoisotopic (exact) mass is 440 g/mol. The summed E-state index contributed by atoms with van der Waals surface area (Å²) in [4.78, 5) is 8.11. The first-order valence-electron chi connectivity index (χ1n) is 6.85. The molecule has 0 unspecified atom stereocenters. The number of nitrogen functional groups attached to an aromatic ring is 1. The van der Waals surface area contributed by atoms with Crippen molar-refractivity contribution < 1.29 is 20.1 Å². The molecule has 5 N–H and O–H groups in total. The van der Waals surface area contributed by atoms with E-state index in [1.807, 2.05) is 0 Å². The number of terminal acetylenes is 1. The van der Waals surface area contributed by atoms with Gasteiger partial charge in [0, 0.05) is 9.77 Å². The number of ether oxygens (including phenoxy) is 1. The van der Waals surface area contributed by atoms with Crippen LogP contribution in [0.1, 0.15) is 6.23 Å². The average Bonchev–Trinajstić information content (AvgIpc) is 3.02. The normalized spacial score (nSPS) is 29.2. The molecule has 9 heteroatoms. The molecule has 0 saturated carbocycles. The van der Waals surface area contributed by atoms with Gasteiger partial charge in [-0.15, -0.1) is 6.42 Å². The molecule has 0 bridgehead atoms. The third-order valence-corrected chi connectivity index (χ3v) is 4.66. The van der Waals surface area contributed by atoms with Crippen LogP contribution in [-0.2, 0) is 4.74 Å². The summed E-state index contributed by atoms with van der Waals surface area (Å²) in [7, 11) is 0. The lowest BCUT2D eigenvalue weighted by molar-refractivity contribution is -0.0719. The minimum Gasteiger partial charge on any atom is -0.394 e. The first kappa shape index (κ1) is 17.0. The number of rotatable bonds is 2. The predicted octanol–water partition coefficient (Wildman–Crippen LogP) is -0.764. The zero-order valence-electron chi connectivity index (χ0n) is 12.2. The second-order valence-electron chi connectivity index (χ2n) is 5.22. The molecule has 2 aromatic rings. The molecule has 2 aromatic heterocycles. The molecule has 0 radical (unpaired) electrons. The molecule has 0 aromatic carbocycles. The van der Waals surface area contributed by atoms with Gasteiger partial charge in [-0.25, -0.2) is 9.97 Å². The standard InChI is InChI=1S/C15H13IN4O4/c1-2-3-4-15(23)11(22)9(6-21)24-14(15)20-5-8(16)10-12(17)18-7-19-13(10)20/h1,5,7,9,11,14,21-23H,6H2,(H2,17,18,19)/t9-,11-,14-,15-/m1/s1. The van der Waals surface area contributed by atoms with Crippen LogP contribution in [0.5, 0.6) is 0 Å². The van der Waals surface area contributed by atoms with Crippen molar-refractivity contribution in [2.45, 2.75) is 24.0 Å². The molecule has 8 nitrogen and oxygen atoms in total. The highest BCUT2D eigenvalue weighted by atomic mass is 127. The Morgan fingerprint density at radius 1 is 1.50 bits per heavy atom. The Balaban J connectivity index is 2.21. The van der Waals surface area contributed by atoms with Gasteiger partial charge in [0.05, 0.1) is 12.0 Å². The maximum Gasteiger partial charge on any atom is 0.200 e. The molecule has 3 heterocycles. The number of aliphatic hydroxyl groups is 3. The van der Waals surface area contributed by atoms with Gasteiger partial charge >= 0.3 is 0 Å².